The Morgan fingerprint density at radius 1 is 0.826 bits per heavy atom. The highest BCUT2D eigenvalue weighted by Gasteiger charge is 2.12. The number of carbonyl (C=O) groups excluding carboxylic acids is 4. The van der Waals surface area contributed by atoms with Crippen LogP contribution in [0.25, 0.3) is 0 Å². The molecular formula is C15H20N4O4. The molecule has 0 aliphatic carbocycles. The number of amides is 4. The van der Waals surface area contributed by atoms with E-state index in [0.29, 0.717) is 11.4 Å². The summed E-state index contributed by atoms with van der Waals surface area (Å²) in [5, 5.41) is 5.08. The van der Waals surface area contributed by atoms with Gasteiger partial charge in [0.15, 0.2) is 0 Å². The maximum absolute atomic E-state index is 12.1. The number of carbonyl (C=O) groups is 4. The number of hydrazine groups is 1. The van der Waals surface area contributed by atoms with Crippen LogP contribution in [0.4, 0.5) is 11.4 Å². The standard InChI is InChI=1S/C15H20N4O4/c1-8(2)14(22)18-19-15(23)11-5-12(16-9(3)20)7-13(6-11)17-10(4)21/h5-8H,1-4H3,(H,16,20)(H,17,21)(H,18,22)(H,19,23). The first-order chi connectivity index (χ1) is 10.7. The summed E-state index contributed by atoms with van der Waals surface area (Å²) in [7, 11) is 0. The van der Waals surface area contributed by atoms with E-state index in [9.17, 15) is 19.2 Å². The van der Waals surface area contributed by atoms with E-state index in [0.717, 1.165) is 0 Å². The number of nitrogens with one attached hydrogen (secondary N) is 4. The number of hydrogen-bond donors (Lipinski definition) is 4. The van der Waals surface area contributed by atoms with Crippen molar-refractivity contribution in [3.8, 4) is 0 Å². The Balaban J connectivity index is 2.98. The Kier molecular flexibility index (Phi) is 6.25. The summed E-state index contributed by atoms with van der Waals surface area (Å²) in [5.74, 6) is -1.82. The Morgan fingerprint density at radius 2 is 1.30 bits per heavy atom. The van der Waals surface area contributed by atoms with Crippen LogP contribution in [0.1, 0.15) is 38.1 Å². The minimum Gasteiger partial charge on any atom is -0.326 e. The third kappa shape index (κ3) is 6.16. The topological polar surface area (TPSA) is 116 Å². The zero-order valence-corrected chi connectivity index (χ0v) is 13.4. The van der Waals surface area contributed by atoms with E-state index in [2.05, 4.69) is 21.5 Å². The fourth-order valence-corrected chi connectivity index (χ4v) is 1.64. The quantitative estimate of drug-likeness (QED) is 0.620. The minimum absolute atomic E-state index is 0.170. The summed E-state index contributed by atoms with van der Waals surface area (Å²) in [4.78, 5) is 45.9. The van der Waals surface area contributed by atoms with E-state index in [1.807, 2.05) is 0 Å². The molecule has 1 aromatic carbocycles. The van der Waals surface area contributed by atoms with Gasteiger partial charge in [0, 0.05) is 36.7 Å². The summed E-state index contributed by atoms with van der Waals surface area (Å²) < 4.78 is 0. The SMILES string of the molecule is CC(=O)Nc1cc(NC(C)=O)cc(C(=O)NNC(=O)C(C)C)c1. The summed E-state index contributed by atoms with van der Waals surface area (Å²) in [6.07, 6.45) is 0. The van der Waals surface area contributed by atoms with E-state index in [-0.39, 0.29) is 29.2 Å². The second kappa shape index (κ2) is 7.92. The number of anilines is 2. The Bertz CT molecular complexity index is 606. The van der Waals surface area contributed by atoms with Crippen molar-refractivity contribution >= 4 is 35.0 Å². The van der Waals surface area contributed by atoms with E-state index >= 15 is 0 Å². The molecular weight excluding hydrogens is 300 g/mol. The molecule has 8 heteroatoms. The van der Waals surface area contributed by atoms with Crippen LogP contribution in [0.15, 0.2) is 18.2 Å². The van der Waals surface area contributed by atoms with Crippen molar-refractivity contribution in [1.29, 1.82) is 0 Å². The highest BCUT2D eigenvalue weighted by atomic mass is 16.2. The normalized spacial score (nSPS) is 9.96. The molecule has 0 saturated heterocycles. The van der Waals surface area contributed by atoms with Gasteiger partial charge in [-0.25, -0.2) is 0 Å². The summed E-state index contributed by atoms with van der Waals surface area (Å²) in [6.45, 7) is 6.03. The predicted molar refractivity (Wildman–Crippen MR) is 85.5 cm³/mol. The molecule has 23 heavy (non-hydrogen) atoms. The monoisotopic (exact) mass is 320 g/mol. The Hall–Kier alpha value is -2.90. The predicted octanol–water partition coefficient (Wildman–Crippen LogP) is 1.02. The second-order valence-electron chi connectivity index (χ2n) is 5.26. The number of hydrogen-bond acceptors (Lipinski definition) is 4. The van der Waals surface area contributed by atoms with Gasteiger partial charge in [-0.15, -0.1) is 0 Å². The molecule has 4 N–H and O–H groups in total. The van der Waals surface area contributed by atoms with E-state index in [1.54, 1.807) is 13.8 Å². The van der Waals surface area contributed by atoms with Crippen LogP contribution in [0.5, 0.6) is 0 Å². The molecule has 0 spiro atoms. The molecule has 0 saturated carbocycles. The Labute approximate surface area is 134 Å². The lowest BCUT2D eigenvalue weighted by Crippen LogP contribution is -2.43. The summed E-state index contributed by atoms with van der Waals surface area (Å²) in [5.41, 5.74) is 5.44. The van der Waals surface area contributed by atoms with E-state index < -0.39 is 5.91 Å². The van der Waals surface area contributed by atoms with Gasteiger partial charge in [-0.05, 0) is 18.2 Å². The van der Waals surface area contributed by atoms with Gasteiger partial charge in [-0.1, -0.05) is 13.8 Å². The fraction of sp³-hybridized carbons (Fsp3) is 0.333. The third-order valence-electron chi connectivity index (χ3n) is 2.66. The van der Waals surface area contributed by atoms with Gasteiger partial charge in [0.05, 0.1) is 0 Å². The van der Waals surface area contributed by atoms with Crippen LogP contribution in [-0.2, 0) is 14.4 Å². The smallest absolute Gasteiger partial charge is 0.269 e. The lowest BCUT2D eigenvalue weighted by atomic mass is 10.1. The van der Waals surface area contributed by atoms with Crippen LogP contribution in [0.3, 0.4) is 0 Å². The maximum atomic E-state index is 12.1. The van der Waals surface area contributed by atoms with Crippen LogP contribution in [0, 0.1) is 5.92 Å². The average molecular weight is 320 g/mol. The molecule has 0 atom stereocenters. The molecule has 1 rings (SSSR count). The van der Waals surface area contributed by atoms with Crippen molar-refractivity contribution in [2.24, 2.45) is 5.92 Å². The molecule has 0 bridgehead atoms. The van der Waals surface area contributed by atoms with Crippen molar-refractivity contribution < 1.29 is 19.2 Å². The molecule has 124 valence electrons. The van der Waals surface area contributed by atoms with E-state index in [1.165, 1.54) is 32.0 Å². The van der Waals surface area contributed by atoms with E-state index in [4.69, 9.17) is 0 Å². The first-order valence-electron chi connectivity index (χ1n) is 6.99. The lowest BCUT2D eigenvalue weighted by molar-refractivity contribution is -0.124. The number of rotatable bonds is 4. The van der Waals surface area contributed by atoms with Gasteiger partial charge in [-0.2, -0.15) is 0 Å². The lowest BCUT2D eigenvalue weighted by Gasteiger charge is -2.12. The molecule has 0 aromatic heterocycles. The average Bonchev–Trinajstić information content (AvgIpc) is 2.42. The molecule has 0 unspecified atom stereocenters. The van der Waals surface area contributed by atoms with Gasteiger partial charge >= 0.3 is 0 Å². The fourth-order valence-electron chi connectivity index (χ4n) is 1.64. The van der Waals surface area contributed by atoms with Gasteiger partial charge in [0.25, 0.3) is 5.91 Å². The highest BCUT2D eigenvalue weighted by molar-refractivity contribution is 6.00. The van der Waals surface area contributed by atoms with Crippen molar-refractivity contribution in [3.05, 3.63) is 23.8 Å². The molecule has 0 radical (unpaired) electrons. The van der Waals surface area contributed by atoms with Gasteiger partial charge in [0.1, 0.15) is 0 Å². The molecule has 0 aliphatic heterocycles. The molecule has 1 aromatic rings. The summed E-state index contributed by atoms with van der Waals surface area (Å²) in [6, 6.07) is 4.39. The molecule has 0 fully saturated rings. The zero-order chi connectivity index (χ0) is 17.6. The first kappa shape index (κ1) is 18.1. The molecule has 4 amide bonds. The minimum atomic E-state index is -0.571. The van der Waals surface area contributed by atoms with Gasteiger partial charge < -0.3 is 10.6 Å². The second-order valence-corrected chi connectivity index (χ2v) is 5.26. The number of benzene rings is 1. The molecule has 0 heterocycles. The van der Waals surface area contributed by atoms with Gasteiger partial charge in [0.2, 0.25) is 17.7 Å². The van der Waals surface area contributed by atoms with Crippen molar-refractivity contribution in [2.45, 2.75) is 27.7 Å². The largest absolute Gasteiger partial charge is 0.326 e. The Morgan fingerprint density at radius 3 is 1.70 bits per heavy atom. The van der Waals surface area contributed by atoms with Crippen molar-refractivity contribution in [3.63, 3.8) is 0 Å². The maximum Gasteiger partial charge on any atom is 0.269 e. The van der Waals surface area contributed by atoms with Crippen LogP contribution < -0.4 is 21.5 Å². The van der Waals surface area contributed by atoms with Gasteiger partial charge in [-0.3, -0.25) is 30.0 Å². The van der Waals surface area contributed by atoms with Crippen LogP contribution >= 0.6 is 0 Å². The summed E-state index contributed by atoms with van der Waals surface area (Å²) >= 11 is 0. The first-order valence-corrected chi connectivity index (χ1v) is 6.99. The molecule has 0 aliphatic rings. The zero-order valence-electron chi connectivity index (χ0n) is 13.4. The third-order valence-corrected chi connectivity index (χ3v) is 2.66. The van der Waals surface area contributed by atoms with Crippen LogP contribution in [0.2, 0.25) is 0 Å². The van der Waals surface area contributed by atoms with Crippen LogP contribution in [-0.4, -0.2) is 23.6 Å². The highest BCUT2D eigenvalue weighted by Crippen LogP contribution is 2.19. The molecule has 8 nitrogen and oxygen atoms in total. The van der Waals surface area contributed by atoms with Crippen molar-refractivity contribution in [2.75, 3.05) is 10.6 Å². The van der Waals surface area contributed by atoms with Crippen molar-refractivity contribution in [1.82, 2.24) is 10.9 Å².